The second kappa shape index (κ2) is 5.71. The van der Waals surface area contributed by atoms with E-state index < -0.39 is 11.5 Å². The highest BCUT2D eigenvalue weighted by atomic mass is 32.1. The number of esters is 1. The second-order valence-electron chi connectivity index (χ2n) is 4.58. The first kappa shape index (κ1) is 14.0. The van der Waals surface area contributed by atoms with Gasteiger partial charge in [0.1, 0.15) is 4.88 Å². The fourth-order valence-electron chi connectivity index (χ4n) is 2.36. The van der Waals surface area contributed by atoms with E-state index in [1.807, 2.05) is 6.92 Å². The van der Waals surface area contributed by atoms with Gasteiger partial charge in [-0.25, -0.2) is 4.79 Å². The third-order valence-corrected chi connectivity index (χ3v) is 4.46. The SMILES string of the molecule is CCC1(C(=O)Nc2ccsc2C(=O)OC)CCCN1. The van der Waals surface area contributed by atoms with E-state index in [9.17, 15) is 9.59 Å². The molecule has 0 saturated carbocycles. The Hall–Kier alpha value is -1.40. The van der Waals surface area contributed by atoms with Gasteiger partial charge in [-0.2, -0.15) is 0 Å². The summed E-state index contributed by atoms with van der Waals surface area (Å²) in [5.74, 6) is -0.494. The zero-order chi connectivity index (χ0) is 13.9. The Balaban J connectivity index is 2.15. The molecular formula is C13H18N2O3S. The maximum absolute atomic E-state index is 12.4. The van der Waals surface area contributed by atoms with Crippen LogP contribution >= 0.6 is 11.3 Å². The molecule has 1 aromatic rings. The number of rotatable bonds is 4. The van der Waals surface area contributed by atoms with Gasteiger partial charge in [0.25, 0.3) is 0 Å². The van der Waals surface area contributed by atoms with Crippen LogP contribution in [0.2, 0.25) is 0 Å². The lowest BCUT2D eigenvalue weighted by Crippen LogP contribution is -2.50. The minimum atomic E-state index is -0.505. The van der Waals surface area contributed by atoms with Crippen molar-refractivity contribution in [1.82, 2.24) is 5.32 Å². The molecule has 0 spiro atoms. The summed E-state index contributed by atoms with van der Waals surface area (Å²) in [4.78, 5) is 24.4. The Bertz CT molecular complexity index is 478. The molecule has 1 fully saturated rings. The first-order valence-corrected chi connectivity index (χ1v) is 7.23. The molecule has 0 radical (unpaired) electrons. The molecule has 0 bridgehead atoms. The zero-order valence-corrected chi connectivity index (χ0v) is 11.9. The normalized spacial score (nSPS) is 22.2. The van der Waals surface area contributed by atoms with Crippen LogP contribution in [0.15, 0.2) is 11.4 Å². The molecule has 1 aliphatic heterocycles. The monoisotopic (exact) mass is 282 g/mol. The van der Waals surface area contributed by atoms with Crippen LogP contribution in [0.1, 0.15) is 35.9 Å². The first-order valence-electron chi connectivity index (χ1n) is 6.35. The van der Waals surface area contributed by atoms with Crippen LogP contribution in [-0.2, 0) is 9.53 Å². The highest BCUT2D eigenvalue weighted by Gasteiger charge is 2.39. The molecule has 1 atom stereocenters. The largest absolute Gasteiger partial charge is 0.465 e. The van der Waals surface area contributed by atoms with Gasteiger partial charge in [0.15, 0.2) is 0 Å². The average Bonchev–Trinajstić information content (AvgIpc) is 3.07. The number of thiophene rings is 1. The molecule has 19 heavy (non-hydrogen) atoms. The lowest BCUT2D eigenvalue weighted by Gasteiger charge is -2.26. The quantitative estimate of drug-likeness (QED) is 0.829. The molecule has 1 aromatic heterocycles. The molecular weight excluding hydrogens is 264 g/mol. The molecule has 2 N–H and O–H groups in total. The summed E-state index contributed by atoms with van der Waals surface area (Å²) < 4.78 is 4.70. The van der Waals surface area contributed by atoms with Gasteiger partial charge in [0.05, 0.1) is 18.3 Å². The summed E-state index contributed by atoms with van der Waals surface area (Å²) in [6.45, 7) is 2.85. The highest BCUT2D eigenvalue weighted by molar-refractivity contribution is 7.12. The van der Waals surface area contributed by atoms with E-state index in [0.717, 1.165) is 25.8 Å². The predicted molar refractivity (Wildman–Crippen MR) is 74.5 cm³/mol. The van der Waals surface area contributed by atoms with E-state index in [-0.39, 0.29) is 5.91 Å². The smallest absolute Gasteiger partial charge is 0.350 e. The van der Waals surface area contributed by atoms with Gasteiger partial charge in [0.2, 0.25) is 5.91 Å². The van der Waals surface area contributed by atoms with Crippen molar-refractivity contribution in [1.29, 1.82) is 0 Å². The molecule has 2 rings (SSSR count). The van der Waals surface area contributed by atoms with Gasteiger partial charge >= 0.3 is 5.97 Å². The van der Waals surface area contributed by atoms with Crippen LogP contribution in [-0.4, -0.2) is 31.1 Å². The number of anilines is 1. The molecule has 0 aromatic carbocycles. The summed E-state index contributed by atoms with van der Waals surface area (Å²) >= 11 is 1.26. The molecule has 1 aliphatic rings. The van der Waals surface area contributed by atoms with Crippen molar-refractivity contribution in [2.24, 2.45) is 0 Å². The van der Waals surface area contributed by atoms with Gasteiger partial charge in [-0.3, -0.25) is 4.79 Å². The van der Waals surface area contributed by atoms with Crippen molar-refractivity contribution < 1.29 is 14.3 Å². The molecule has 1 unspecified atom stereocenters. The van der Waals surface area contributed by atoms with E-state index in [1.165, 1.54) is 18.4 Å². The fourth-order valence-corrected chi connectivity index (χ4v) is 3.13. The molecule has 0 aliphatic carbocycles. The number of carbonyl (C=O) groups excluding carboxylic acids is 2. The molecule has 1 amide bonds. The Morgan fingerprint density at radius 3 is 2.95 bits per heavy atom. The van der Waals surface area contributed by atoms with Crippen molar-refractivity contribution in [3.8, 4) is 0 Å². The van der Waals surface area contributed by atoms with Crippen molar-refractivity contribution in [2.75, 3.05) is 19.0 Å². The molecule has 104 valence electrons. The van der Waals surface area contributed by atoms with Gasteiger partial charge < -0.3 is 15.4 Å². The minimum absolute atomic E-state index is 0.0731. The standard InChI is InChI=1S/C13H18N2O3S/c1-3-13(6-4-7-14-13)12(17)15-9-5-8-19-10(9)11(16)18-2/h5,8,14H,3-4,6-7H2,1-2H3,(H,15,17). The topological polar surface area (TPSA) is 67.4 Å². The second-order valence-corrected chi connectivity index (χ2v) is 5.49. The van der Waals surface area contributed by atoms with Crippen molar-refractivity contribution >= 4 is 28.9 Å². The van der Waals surface area contributed by atoms with E-state index in [2.05, 4.69) is 10.6 Å². The van der Waals surface area contributed by atoms with Gasteiger partial charge in [0, 0.05) is 0 Å². The lowest BCUT2D eigenvalue weighted by atomic mass is 9.93. The van der Waals surface area contributed by atoms with E-state index in [0.29, 0.717) is 10.6 Å². The average molecular weight is 282 g/mol. The molecule has 2 heterocycles. The van der Waals surface area contributed by atoms with E-state index in [1.54, 1.807) is 11.4 Å². The number of methoxy groups -OCH3 is 1. The van der Waals surface area contributed by atoms with Crippen molar-refractivity contribution in [2.45, 2.75) is 31.7 Å². The van der Waals surface area contributed by atoms with Crippen LogP contribution in [0.4, 0.5) is 5.69 Å². The summed E-state index contributed by atoms with van der Waals surface area (Å²) in [6.07, 6.45) is 2.55. The molecule has 6 heteroatoms. The van der Waals surface area contributed by atoms with Gasteiger partial charge in [-0.15, -0.1) is 11.3 Å². The number of hydrogen-bond donors (Lipinski definition) is 2. The molecule has 5 nitrogen and oxygen atoms in total. The van der Waals surface area contributed by atoms with Crippen LogP contribution in [0.3, 0.4) is 0 Å². The fraction of sp³-hybridized carbons (Fsp3) is 0.538. The zero-order valence-electron chi connectivity index (χ0n) is 11.1. The van der Waals surface area contributed by atoms with E-state index >= 15 is 0 Å². The van der Waals surface area contributed by atoms with Crippen LogP contribution in [0.25, 0.3) is 0 Å². The Morgan fingerprint density at radius 2 is 2.37 bits per heavy atom. The maximum atomic E-state index is 12.4. The Kier molecular flexibility index (Phi) is 4.21. The first-order chi connectivity index (χ1) is 9.13. The van der Waals surface area contributed by atoms with Crippen molar-refractivity contribution in [3.05, 3.63) is 16.3 Å². The highest BCUT2D eigenvalue weighted by Crippen LogP contribution is 2.28. The number of carbonyl (C=O) groups is 2. The third-order valence-electron chi connectivity index (χ3n) is 3.57. The summed E-state index contributed by atoms with van der Waals surface area (Å²) in [5, 5.41) is 7.88. The van der Waals surface area contributed by atoms with Crippen LogP contribution in [0, 0.1) is 0 Å². The number of amides is 1. The summed E-state index contributed by atoms with van der Waals surface area (Å²) in [6, 6.07) is 1.73. The lowest BCUT2D eigenvalue weighted by molar-refractivity contribution is -0.122. The number of nitrogens with one attached hydrogen (secondary N) is 2. The predicted octanol–water partition coefficient (Wildman–Crippen LogP) is 2.01. The maximum Gasteiger partial charge on any atom is 0.350 e. The Labute approximate surface area is 116 Å². The van der Waals surface area contributed by atoms with Gasteiger partial charge in [-0.05, 0) is 37.3 Å². The Morgan fingerprint density at radius 1 is 1.58 bits per heavy atom. The van der Waals surface area contributed by atoms with Crippen LogP contribution < -0.4 is 10.6 Å². The third kappa shape index (κ3) is 2.64. The summed E-state index contributed by atoms with van der Waals surface area (Å²) in [5.41, 5.74) is 0.0263. The van der Waals surface area contributed by atoms with Gasteiger partial charge in [-0.1, -0.05) is 6.92 Å². The minimum Gasteiger partial charge on any atom is -0.465 e. The van der Waals surface area contributed by atoms with Crippen LogP contribution in [0.5, 0.6) is 0 Å². The van der Waals surface area contributed by atoms with E-state index in [4.69, 9.17) is 4.74 Å². The molecule has 1 saturated heterocycles. The number of ether oxygens (including phenoxy) is 1. The summed E-state index contributed by atoms with van der Waals surface area (Å²) in [7, 11) is 1.33. The van der Waals surface area contributed by atoms with Crippen molar-refractivity contribution in [3.63, 3.8) is 0 Å². The number of hydrogen-bond acceptors (Lipinski definition) is 5.